The summed E-state index contributed by atoms with van der Waals surface area (Å²) in [7, 11) is 0. The summed E-state index contributed by atoms with van der Waals surface area (Å²) in [5.74, 6) is 4.98. The highest BCUT2D eigenvalue weighted by Crippen LogP contribution is 2.19. The highest BCUT2D eigenvalue weighted by Gasteiger charge is 2.23. The lowest BCUT2D eigenvalue weighted by atomic mass is 10.1. The van der Waals surface area contributed by atoms with Gasteiger partial charge in [-0.05, 0) is 42.5 Å². The molecule has 1 amide bonds. The van der Waals surface area contributed by atoms with Crippen molar-refractivity contribution in [2.24, 2.45) is 0 Å². The normalized spacial score (nSPS) is 13.2. The van der Waals surface area contributed by atoms with Crippen LogP contribution in [-0.4, -0.2) is 58.2 Å². The van der Waals surface area contributed by atoms with E-state index in [-0.39, 0.29) is 17.2 Å². The highest BCUT2D eigenvalue weighted by molar-refractivity contribution is 5.97. The molecule has 2 N–H and O–H groups in total. The van der Waals surface area contributed by atoms with Crippen LogP contribution in [0, 0.1) is 11.8 Å². The Balaban J connectivity index is 1.45. The van der Waals surface area contributed by atoms with E-state index < -0.39 is 5.97 Å². The van der Waals surface area contributed by atoms with Crippen molar-refractivity contribution in [3.05, 3.63) is 89.2 Å². The molecule has 0 saturated carbocycles. The molecule has 0 radical (unpaired) electrons. The molecule has 0 aliphatic carbocycles. The Morgan fingerprint density at radius 1 is 0.906 bits per heavy atom. The third-order valence-corrected chi connectivity index (χ3v) is 5.27. The number of aromatic nitrogens is 1. The Bertz CT molecular complexity index is 1200. The Labute approximate surface area is 185 Å². The molecular formula is C25H21N3O4. The molecule has 1 saturated heterocycles. The number of hydrogen-bond acceptors (Lipinski definition) is 5. The van der Waals surface area contributed by atoms with Gasteiger partial charge in [0.05, 0.1) is 17.3 Å². The number of rotatable bonds is 3. The van der Waals surface area contributed by atoms with Gasteiger partial charge < -0.3 is 20.0 Å². The van der Waals surface area contributed by atoms with Gasteiger partial charge >= 0.3 is 5.97 Å². The van der Waals surface area contributed by atoms with Gasteiger partial charge in [0.25, 0.3) is 5.91 Å². The summed E-state index contributed by atoms with van der Waals surface area (Å²) >= 11 is 0. The second-order valence-electron chi connectivity index (χ2n) is 7.36. The molecule has 1 aliphatic rings. The number of hydrogen-bond donors (Lipinski definition) is 2. The minimum Gasteiger partial charge on any atom is -0.506 e. The van der Waals surface area contributed by atoms with E-state index >= 15 is 0 Å². The molecule has 160 valence electrons. The van der Waals surface area contributed by atoms with Crippen molar-refractivity contribution >= 4 is 17.6 Å². The van der Waals surface area contributed by atoms with E-state index in [0.29, 0.717) is 42.9 Å². The maximum atomic E-state index is 13.2. The predicted molar refractivity (Wildman–Crippen MR) is 120 cm³/mol. The summed E-state index contributed by atoms with van der Waals surface area (Å²) in [4.78, 5) is 32.1. The molecule has 0 atom stereocenters. The quantitative estimate of drug-likeness (QED) is 0.625. The Hall–Kier alpha value is -4.31. The minimum absolute atomic E-state index is 0.0385. The molecule has 32 heavy (non-hydrogen) atoms. The maximum Gasteiger partial charge on any atom is 0.335 e. The van der Waals surface area contributed by atoms with Crippen molar-refractivity contribution in [1.29, 1.82) is 0 Å². The lowest BCUT2D eigenvalue weighted by molar-refractivity contribution is 0.0695. The molecule has 1 aromatic heterocycles. The zero-order valence-corrected chi connectivity index (χ0v) is 17.2. The van der Waals surface area contributed by atoms with Gasteiger partial charge in [0.1, 0.15) is 5.75 Å². The average molecular weight is 427 g/mol. The Morgan fingerprint density at radius 2 is 1.62 bits per heavy atom. The number of aromatic hydroxyl groups is 1. The molecule has 7 heteroatoms. The molecule has 1 aliphatic heterocycles. The number of pyridine rings is 1. The summed E-state index contributed by atoms with van der Waals surface area (Å²) in [6.07, 6.45) is 2.89. The number of carbonyl (C=O) groups excluding carboxylic acids is 1. The van der Waals surface area contributed by atoms with E-state index in [9.17, 15) is 14.7 Å². The molecule has 2 aromatic carbocycles. The Morgan fingerprint density at radius 3 is 2.31 bits per heavy atom. The van der Waals surface area contributed by atoms with Crippen LogP contribution in [0.1, 0.15) is 31.8 Å². The molecule has 2 heterocycles. The van der Waals surface area contributed by atoms with Gasteiger partial charge in [0, 0.05) is 49.2 Å². The van der Waals surface area contributed by atoms with Crippen molar-refractivity contribution in [3.8, 4) is 17.6 Å². The summed E-state index contributed by atoms with van der Waals surface area (Å²) in [6.45, 7) is 2.41. The van der Waals surface area contributed by atoms with E-state index in [1.54, 1.807) is 47.5 Å². The fraction of sp³-hybridized carbons (Fsp3) is 0.160. The standard InChI is InChI=1S/C25H21N3O4/c29-22-15-18(16-26-17-22)5-6-19-3-1-2-4-23(19)24(30)28-13-11-27(12-14-28)21-9-7-20(8-10-21)25(31)32/h1-4,7-10,15-17,29H,11-14H2,(H,31,32). The largest absolute Gasteiger partial charge is 0.506 e. The van der Waals surface area contributed by atoms with E-state index in [1.807, 2.05) is 12.1 Å². The summed E-state index contributed by atoms with van der Waals surface area (Å²) in [5, 5.41) is 18.6. The number of carbonyl (C=O) groups is 2. The van der Waals surface area contributed by atoms with Gasteiger partial charge in [-0.15, -0.1) is 0 Å². The van der Waals surface area contributed by atoms with Crippen molar-refractivity contribution in [1.82, 2.24) is 9.88 Å². The maximum absolute atomic E-state index is 13.2. The fourth-order valence-corrected chi connectivity index (χ4v) is 3.57. The molecule has 7 nitrogen and oxygen atoms in total. The van der Waals surface area contributed by atoms with Crippen LogP contribution in [0.3, 0.4) is 0 Å². The molecule has 1 fully saturated rings. The fourth-order valence-electron chi connectivity index (χ4n) is 3.57. The van der Waals surface area contributed by atoms with E-state index in [4.69, 9.17) is 5.11 Å². The average Bonchev–Trinajstić information content (AvgIpc) is 2.83. The topological polar surface area (TPSA) is 94.0 Å². The molecule has 0 unspecified atom stereocenters. The first-order valence-corrected chi connectivity index (χ1v) is 10.1. The van der Waals surface area contributed by atoms with Crippen molar-refractivity contribution in [2.75, 3.05) is 31.1 Å². The summed E-state index contributed by atoms with van der Waals surface area (Å²) in [6, 6.07) is 15.5. The van der Waals surface area contributed by atoms with Gasteiger partial charge in [-0.2, -0.15) is 0 Å². The van der Waals surface area contributed by atoms with Gasteiger partial charge in [-0.25, -0.2) is 4.79 Å². The molecule has 0 spiro atoms. The van der Waals surface area contributed by atoms with E-state index in [2.05, 4.69) is 21.7 Å². The first-order valence-electron chi connectivity index (χ1n) is 10.1. The minimum atomic E-state index is -0.950. The Kier molecular flexibility index (Phi) is 6.04. The van der Waals surface area contributed by atoms with Crippen molar-refractivity contribution in [2.45, 2.75) is 0 Å². The zero-order chi connectivity index (χ0) is 22.5. The van der Waals surface area contributed by atoms with Crippen LogP contribution < -0.4 is 4.90 Å². The van der Waals surface area contributed by atoms with Crippen LogP contribution in [0.15, 0.2) is 67.0 Å². The van der Waals surface area contributed by atoms with Gasteiger partial charge in [-0.1, -0.05) is 24.0 Å². The van der Waals surface area contributed by atoms with Crippen LogP contribution in [0.4, 0.5) is 5.69 Å². The molecule has 4 rings (SSSR count). The third kappa shape index (κ3) is 4.71. The molecule has 0 bridgehead atoms. The summed E-state index contributed by atoms with van der Waals surface area (Å²) < 4.78 is 0. The highest BCUT2D eigenvalue weighted by atomic mass is 16.4. The SMILES string of the molecule is O=C(O)c1ccc(N2CCN(C(=O)c3ccccc3C#Cc3cncc(O)c3)CC2)cc1. The van der Waals surface area contributed by atoms with Gasteiger partial charge in [-0.3, -0.25) is 9.78 Å². The van der Waals surface area contributed by atoms with Gasteiger partial charge in [0.15, 0.2) is 0 Å². The number of anilines is 1. The summed E-state index contributed by atoms with van der Waals surface area (Å²) in [5.41, 5.74) is 2.91. The number of carboxylic acid groups (broad SMARTS) is 1. The molecular weight excluding hydrogens is 406 g/mol. The first-order chi connectivity index (χ1) is 15.5. The number of aromatic carboxylic acids is 1. The van der Waals surface area contributed by atoms with Crippen LogP contribution in [-0.2, 0) is 0 Å². The third-order valence-electron chi connectivity index (χ3n) is 5.27. The lowest BCUT2D eigenvalue weighted by Crippen LogP contribution is -2.49. The van der Waals surface area contributed by atoms with Crippen molar-refractivity contribution < 1.29 is 19.8 Å². The van der Waals surface area contributed by atoms with Crippen LogP contribution >= 0.6 is 0 Å². The van der Waals surface area contributed by atoms with Crippen LogP contribution in [0.2, 0.25) is 0 Å². The number of piperazine rings is 1. The first kappa shape index (κ1) is 20.9. The number of nitrogens with zero attached hydrogens (tertiary/aromatic N) is 3. The lowest BCUT2D eigenvalue weighted by Gasteiger charge is -2.36. The van der Waals surface area contributed by atoms with Crippen LogP contribution in [0.25, 0.3) is 0 Å². The monoisotopic (exact) mass is 427 g/mol. The van der Waals surface area contributed by atoms with E-state index in [1.165, 1.54) is 12.3 Å². The second kappa shape index (κ2) is 9.23. The predicted octanol–water partition coefficient (Wildman–Crippen LogP) is 2.85. The van der Waals surface area contributed by atoms with E-state index in [0.717, 1.165) is 5.69 Å². The van der Waals surface area contributed by atoms with Crippen molar-refractivity contribution in [3.63, 3.8) is 0 Å². The number of benzene rings is 2. The number of amides is 1. The van der Waals surface area contributed by atoms with Gasteiger partial charge in [0.2, 0.25) is 0 Å². The molecule has 3 aromatic rings. The second-order valence-corrected chi connectivity index (χ2v) is 7.36. The number of carboxylic acids is 1. The van der Waals surface area contributed by atoms with Crippen LogP contribution in [0.5, 0.6) is 5.75 Å². The zero-order valence-electron chi connectivity index (χ0n) is 17.2. The smallest absolute Gasteiger partial charge is 0.335 e.